The summed E-state index contributed by atoms with van der Waals surface area (Å²) in [5, 5.41) is 5.42. The highest BCUT2D eigenvalue weighted by Crippen LogP contribution is 2.31. The molecule has 1 amide bonds. The Morgan fingerprint density at radius 2 is 1.95 bits per heavy atom. The molecule has 0 unspecified atom stereocenters. The lowest BCUT2D eigenvalue weighted by Gasteiger charge is -2.02. The standard InChI is InChI=1S/C15H13N3O/c16-10-5-7-11(8-6-10)17-9-13-12-3-1-2-4-14(12)18-15(13)19/h1-9,17H,16H2,(H,18,19)/i5D,6D,7D,8D. The van der Waals surface area contributed by atoms with Crippen molar-refractivity contribution in [1.29, 1.82) is 0 Å². The Morgan fingerprint density at radius 3 is 2.74 bits per heavy atom. The van der Waals surface area contributed by atoms with Crippen LogP contribution in [0.25, 0.3) is 5.57 Å². The predicted octanol–water partition coefficient (Wildman–Crippen LogP) is 2.67. The first-order chi connectivity index (χ1) is 10.9. The number of benzene rings is 2. The van der Waals surface area contributed by atoms with E-state index in [1.165, 1.54) is 6.20 Å². The highest BCUT2D eigenvalue weighted by atomic mass is 16.2. The van der Waals surface area contributed by atoms with Crippen molar-refractivity contribution in [3.05, 3.63) is 60.2 Å². The average molecular weight is 255 g/mol. The summed E-state index contributed by atoms with van der Waals surface area (Å²) in [6, 6.07) is 5.95. The highest BCUT2D eigenvalue weighted by molar-refractivity contribution is 6.31. The molecule has 94 valence electrons. The van der Waals surface area contributed by atoms with Crippen molar-refractivity contribution < 1.29 is 10.3 Å². The molecule has 0 spiro atoms. The number of carbonyl (C=O) groups excluding carboxylic acids is 1. The van der Waals surface area contributed by atoms with Gasteiger partial charge in [-0.3, -0.25) is 4.79 Å². The van der Waals surface area contributed by atoms with Crippen LogP contribution in [0.15, 0.2) is 54.6 Å². The summed E-state index contributed by atoms with van der Waals surface area (Å²) in [5.74, 6) is -0.301. The van der Waals surface area contributed by atoms with E-state index in [9.17, 15) is 4.79 Å². The predicted molar refractivity (Wildman–Crippen MR) is 77.5 cm³/mol. The number of carbonyl (C=O) groups is 1. The van der Waals surface area contributed by atoms with Crippen LogP contribution in [-0.2, 0) is 4.79 Å². The van der Waals surface area contributed by atoms with E-state index in [4.69, 9.17) is 11.2 Å². The molecule has 0 fully saturated rings. The van der Waals surface area contributed by atoms with Crippen LogP contribution in [0.2, 0.25) is 0 Å². The summed E-state index contributed by atoms with van der Waals surface area (Å²) in [6.45, 7) is 0. The Labute approximate surface area is 116 Å². The summed E-state index contributed by atoms with van der Waals surface area (Å²) in [4.78, 5) is 12.0. The van der Waals surface area contributed by atoms with Crippen molar-refractivity contribution in [3.63, 3.8) is 0 Å². The number of amides is 1. The quantitative estimate of drug-likeness (QED) is 0.571. The van der Waals surface area contributed by atoms with E-state index in [1.807, 2.05) is 0 Å². The van der Waals surface area contributed by atoms with Crippen molar-refractivity contribution in [2.75, 3.05) is 16.4 Å². The maximum absolute atomic E-state index is 12.0. The van der Waals surface area contributed by atoms with E-state index in [1.54, 1.807) is 24.3 Å². The van der Waals surface area contributed by atoms with E-state index < -0.39 is 0 Å². The maximum atomic E-state index is 12.0. The van der Waals surface area contributed by atoms with Crippen LogP contribution in [0, 0.1) is 0 Å². The van der Waals surface area contributed by atoms with Crippen LogP contribution >= 0.6 is 0 Å². The van der Waals surface area contributed by atoms with Crippen LogP contribution in [0.4, 0.5) is 17.1 Å². The second-order valence-electron chi connectivity index (χ2n) is 3.99. The van der Waals surface area contributed by atoms with E-state index in [2.05, 4.69) is 10.6 Å². The van der Waals surface area contributed by atoms with Gasteiger partial charge in [0.25, 0.3) is 5.91 Å². The van der Waals surface area contributed by atoms with Crippen LogP contribution in [-0.4, -0.2) is 5.91 Å². The lowest BCUT2D eigenvalue weighted by molar-refractivity contribution is -0.110. The molecule has 0 radical (unpaired) electrons. The van der Waals surface area contributed by atoms with Gasteiger partial charge in [0, 0.05) is 28.8 Å². The number of para-hydroxylation sites is 1. The van der Waals surface area contributed by atoms with Gasteiger partial charge in [0.1, 0.15) is 0 Å². The molecule has 1 heterocycles. The topological polar surface area (TPSA) is 67.2 Å². The Bertz CT molecular complexity index is 835. The summed E-state index contributed by atoms with van der Waals surface area (Å²) in [5.41, 5.74) is 7.04. The first-order valence-electron chi connectivity index (χ1n) is 7.65. The second kappa shape index (κ2) is 4.49. The molecule has 3 rings (SSSR count). The molecule has 0 bridgehead atoms. The number of rotatable bonds is 2. The zero-order valence-electron chi connectivity index (χ0n) is 13.9. The molecule has 0 atom stereocenters. The summed E-state index contributed by atoms with van der Waals surface area (Å²) in [7, 11) is 0. The van der Waals surface area contributed by atoms with Gasteiger partial charge in [0.15, 0.2) is 0 Å². The van der Waals surface area contributed by atoms with Gasteiger partial charge in [-0.2, -0.15) is 0 Å². The minimum Gasteiger partial charge on any atom is -0.399 e. The highest BCUT2D eigenvalue weighted by Gasteiger charge is 2.23. The van der Waals surface area contributed by atoms with Gasteiger partial charge in [0.2, 0.25) is 0 Å². The Morgan fingerprint density at radius 1 is 1.21 bits per heavy atom. The molecule has 4 nitrogen and oxygen atoms in total. The van der Waals surface area contributed by atoms with Crippen molar-refractivity contribution in [3.8, 4) is 0 Å². The molecule has 4 heteroatoms. The molecule has 0 saturated carbocycles. The van der Waals surface area contributed by atoms with E-state index >= 15 is 0 Å². The van der Waals surface area contributed by atoms with Gasteiger partial charge in [0.05, 0.1) is 11.1 Å². The minimum atomic E-state index is -0.317. The van der Waals surface area contributed by atoms with Crippen LogP contribution in [0.3, 0.4) is 0 Å². The monoisotopic (exact) mass is 255 g/mol. The molecular formula is C15H13N3O. The number of anilines is 3. The van der Waals surface area contributed by atoms with E-state index in [0.29, 0.717) is 16.8 Å². The summed E-state index contributed by atoms with van der Waals surface area (Å²) < 4.78 is 31.2. The van der Waals surface area contributed by atoms with Gasteiger partial charge in [-0.25, -0.2) is 0 Å². The normalized spacial score (nSPS) is 18.1. The second-order valence-corrected chi connectivity index (χ2v) is 3.99. The molecule has 4 N–H and O–H groups in total. The van der Waals surface area contributed by atoms with Crippen molar-refractivity contribution in [2.45, 2.75) is 0 Å². The van der Waals surface area contributed by atoms with Gasteiger partial charge < -0.3 is 16.4 Å². The molecule has 0 saturated heterocycles. The Hall–Kier alpha value is -2.75. The van der Waals surface area contributed by atoms with Gasteiger partial charge >= 0.3 is 0 Å². The van der Waals surface area contributed by atoms with Gasteiger partial charge in [-0.05, 0) is 30.2 Å². The lowest BCUT2D eigenvalue weighted by atomic mass is 10.1. The molecule has 19 heavy (non-hydrogen) atoms. The average Bonchev–Trinajstić information content (AvgIpc) is 2.87. The first kappa shape index (κ1) is 7.63. The number of hydrogen-bond donors (Lipinski definition) is 3. The number of fused-ring (bicyclic) bond motifs is 1. The summed E-state index contributed by atoms with van der Waals surface area (Å²) >= 11 is 0. The third kappa shape index (κ3) is 2.15. The fourth-order valence-corrected chi connectivity index (χ4v) is 1.82. The largest absolute Gasteiger partial charge is 0.399 e. The smallest absolute Gasteiger partial charge is 0.257 e. The molecule has 2 aromatic carbocycles. The van der Waals surface area contributed by atoms with Crippen LogP contribution in [0.1, 0.15) is 11.0 Å². The third-order valence-corrected chi connectivity index (χ3v) is 2.72. The SMILES string of the molecule is [2H]c1c([2H])c(NC=C2C(=O)Nc3ccccc32)c([2H])c([2H])c1N. The number of hydrogen-bond acceptors (Lipinski definition) is 3. The maximum Gasteiger partial charge on any atom is 0.257 e. The molecular weight excluding hydrogens is 238 g/mol. The summed E-state index contributed by atoms with van der Waals surface area (Å²) in [6.07, 6.45) is 1.38. The first-order valence-corrected chi connectivity index (χ1v) is 5.65. The zero-order valence-corrected chi connectivity index (χ0v) is 9.87. The fraction of sp³-hybridized carbons (Fsp3) is 0. The van der Waals surface area contributed by atoms with Crippen molar-refractivity contribution >= 4 is 28.5 Å². The van der Waals surface area contributed by atoms with Crippen LogP contribution < -0.4 is 16.4 Å². The van der Waals surface area contributed by atoms with Gasteiger partial charge in [-0.1, -0.05) is 18.2 Å². The zero-order chi connectivity index (χ0) is 16.7. The van der Waals surface area contributed by atoms with E-state index in [0.717, 1.165) is 0 Å². The minimum absolute atomic E-state index is 0.0288. The van der Waals surface area contributed by atoms with Crippen LogP contribution in [0.5, 0.6) is 0 Å². The van der Waals surface area contributed by atoms with Crippen molar-refractivity contribution in [2.24, 2.45) is 0 Å². The van der Waals surface area contributed by atoms with Crippen molar-refractivity contribution in [1.82, 2.24) is 0 Å². The molecule has 2 aromatic rings. The fourth-order valence-electron chi connectivity index (χ4n) is 1.82. The Kier molecular flexibility index (Phi) is 1.81. The molecule has 1 aliphatic rings. The third-order valence-electron chi connectivity index (χ3n) is 2.72. The van der Waals surface area contributed by atoms with E-state index in [-0.39, 0.29) is 41.5 Å². The Balaban J connectivity index is 2.03. The number of nitrogen functional groups attached to an aromatic ring is 1. The van der Waals surface area contributed by atoms with Gasteiger partial charge in [-0.15, -0.1) is 0 Å². The lowest BCUT2D eigenvalue weighted by Crippen LogP contribution is -2.05. The molecule has 0 aliphatic carbocycles. The molecule has 0 aromatic heterocycles. The number of nitrogens with one attached hydrogen (secondary N) is 2. The molecule has 1 aliphatic heterocycles. The number of nitrogens with two attached hydrogens (primary N) is 1.